The second-order valence-electron chi connectivity index (χ2n) is 5.57. The molecule has 0 aliphatic carbocycles. The molecule has 0 bridgehead atoms. The molecule has 1 aromatic carbocycles. The van der Waals surface area contributed by atoms with Crippen LogP contribution in [0.3, 0.4) is 0 Å². The number of primary amides is 1. The van der Waals surface area contributed by atoms with Gasteiger partial charge in [0.25, 0.3) is 0 Å². The number of amides is 1. The van der Waals surface area contributed by atoms with Gasteiger partial charge in [-0.3, -0.25) is 14.8 Å². The zero-order chi connectivity index (χ0) is 18.8. The Labute approximate surface area is 151 Å². The number of aromatic nitrogens is 2. The third kappa shape index (κ3) is 5.87. The van der Waals surface area contributed by atoms with Gasteiger partial charge in [-0.1, -0.05) is 0 Å². The van der Waals surface area contributed by atoms with E-state index < -0.39 is 5.91 Å². The maximum Gasteiger partial charge on any atom is 0.248 e. The molecule has 4 N–H and O–H groups in total. The highest BCUT2D eigenvalue weighted by atomic mass is 19.1. The minimum absolute atomic E-state index is 0.314. The molecule has 6 nitrogen and oxygen atoms in total. The van der Waals surface area contributed by atoms with Crippen molar-refractivity contribution < 1.29 is 14.4 Å². The van der Waals surface area contributed by atoms with Crippen LogP contribution in [0, 0.1) is 5.82 Å². The number of carbonyl (C=O) groups is 1. The molecule has 0 aliphatic heterocycles. The molecule has 7 heteroatoms. The van der Waals surface area contributed by atoms with Crippen molar-refractivity contribution in [2.75, 3.05) is 6.54 Å². The van der Waals surface area contributed by atoms with Gasteiger partial charge in [0.15, 0.2) is 0 Å². The van der Waals surface area contributed by atoms with E-state index in [1.54, 1.807) is 30.5 Å². The number of nitrogens with one attached hydrogen (secondary N) is 1. The highest BCUT2D eigenvalue weighted by molar-refractivity contribution is 5.92. The van der Waals surface area contributed by atoms with Crippen LogP contribution < -0.4 is 11.2 Å². The molecule has 0 fully saturated rings. The Morgan fingerprint density at radius 3 is 2.54 bits per heavy atom. The van der Waals surface area contributed by atoms with Crippen LogP contribution >= 0.6 is 0 Å². The molecule has 0 atom stereocenters. The fraction of sp³-hybridized carbons (Fsp3) is 0.211. The minimum atomic E-state index is -0.556. The molecule has 0 radical (unpaired) electrons. The number of aryl methyl sites for hydroxylation is 1. The summed E-state index contributed by atoms with van der Waals surface area (Å²) >= 11 is 0. The number of benzene rings is 1. The maximum atomic E-state index is 13.2. The topological polar surface area (TPSA) is 101 Å². The lowest BCUT2D eigenvalue weighted by Gasteiger charge is -2.06. The lowest BCUT2D eigenvalue weighted by atomic mass is 10.1. The second-order valence-corrected chi connectivity index (χ2v) is 5.57. The summed E-state index contributed by atoms with van der Waals surface area (Å²) in [6, 6.07) is 10.7. The molecule has 0 saturated heterocycles. The number of hydrogen-bond acceptors (Lipinski definition) is 5. The van der Waals surface area contributed by atoms with Gasteiger partial charge in [-0.05, 0) is 61.7 Å². The molecule has 1 amide bonds. The lowest BCUT2D eigenvalue weighted by Crippen LogP contribution is -2.10. The first-order chi connectivity index (χ1) is 12.6. The van der Waals surface area contributed by atoms with Gasteiger partial charge >= 0.3 is 0 Å². The Morgan fingerprint density at radius 1 is 1.08 bits per heavy atom. The average molecular weight is 356 g/mol. The van der Waals surface area contributed by atoms with Crippen molar-refractivity contribution in [3.8, 4) is 11.3 Å². The van der Waals surface area contributed by atoms with Gasteiger partial charge in [-0.25, -0.2) is 9.87 Å². The Bertz CT molecular complexity index is 796. The maximum absolute atomic E-state index is 13.2. The van der Waals surface area contributed by atoms with Gasteiger partial charge in [0.2, 0.25) is 5.91 Å². The largest absolute Gasteiger partial charge is 0.366 e. The van der Waals surface area contributed by atoms with Gasteiger partial charge in [0.05, 0.1) is 11.4 Å². The number of hydroxylamine groups is 1. The van der Waals surface area contributed by atoms with E-state index in [0.717, 1.165) is 18.4 Å². The number of rotatable bonds is 7. The van der Waals surface area contributed by atoms with E-state index >= 15 is 0 Å². The van der Waals surface area contributed by atoms with Crippen LogP contribution in [-0.2, 0) is 6.42 Å². The summed E-state index contributed by atoms with van der Waals surface area (Å²) in [6.07, 6.45) is 5.17. The Hall–Kier alpha value is -2.90. The van der Waals surface area contributed by atoms with E-state index in [4.69, 9.17) is 10.9 Å². The zero-order valence-corrected chi connectivity index (χ0v) is 14.2. The summed E-state index contributed by atoms with van der Waals surface area (Å²) in [5.74, 6) is -0.883. The fourth-order valence-electron chi connectivity index (χ4n) is 2.36. The molecule has 2 rings (SSSR count). The van der Waals surface area contributed by atoms with Crippen molar-refractivity contribution in [2.24, 2.45) is 5.73 Å². The molecule has 0 saturated carbocycles. The van der Waals surface area contributed by atoms with E-state index in [1.165, 1.54) is 24.4 Å². The average Bonchev–Trinajstić information content (AvgIpc) is 2.63. The summed E-state index contributed by atoms with van der Waals surface area (Å²) in [4.78, 5) is 20.3. The van der Waals surface area contributed by atoms with Crippen LogP contribution in [0.2, 0.25) is 0 Å². The molecule has 1 heterocycles. The Balaban J connectivity index is 2.50. The first-order valence-electron chi connectivity index (χ1n) is 8.22. The van der Waals surface area contributed by atoms with Crippen LogP contribution in [-0.4, -0.2) is 27.6 Å². The number of carbonyl (C=O) groups excluding carboxylic acids is 1. The monoisotopic (exact) mass is 356 g/mol. The molecular formula is C19H21FN4O2. The lowest BCUT2D eigenvalue weighted by molar-refractivity contribution is 0.100. The Kier molecular flexibility index (Phi) is 7.60. The molecule has 136 valence electrons. The molecule has 0 aliphatic rings. The van der Waals surface area contributed by atoms with Crippen molar-refractivity contribution in [3.63, 3.8) is 0 Å². The third-order valence-corrected chi connectivity index (χ3v) is 3.68. The number of hydrogen-bond donors (Lipinski definition) is 3. The van der Waals surface area contributed by atoms with Crippen LogP contribution in [0.5, 0.6) is 0 Å². The molecule has 0 unspecified atom stereocenters. The normalized spacial score (nSPS) is 10.2. The standard InChI is InChI=1S/C19H21FN4O2/c20-16-8-6-14(7-9-16)18-17(5-1-2-12-24-26)22-13-10-15(19(21)25)4-3-11-23-18/h3-4,6-11,13,24,26H,1-2,5,12H2,(H2,21,25). The SMILES string of the molecule is NC(=O)c1cccnc(-c2ccc(F)cc2)c(CCCCNO)ncc1. The highest BCUT2D eigenvalue weighted by Crippen LogP contribution is 2.20. The number of unbranched alkanes of at least 4 members (excludes halogenated alkanes) is 1. The van der Waals surface area contributed by atoms with Gasteiger partial charge in [0.1, 0.15) is 5.82 Å². The summed E-state index contributed by atoms with van der Waals surface area (Å²) in [5.41, 5.74) is 9.81. The van der Waals surface area contributed by atoms with Crippen molar-refractivity contribution in [3.05, 3.63) is 71.9 Å². The van der Waals surface area contributed by atoms with Gasteiger partial charge in [-0.15, -0.1) is 0 Å². The summed E-state index contributed by atoms with van der Waals surface area (Å²) in [6.45, 7) is 0.473. The van der Waals surface area contributed by atoms with Crippen LogP contribution in [0.4, 0.5) is 4.39 Å². The number of nitrogens with zero attached hydrogens (tertiary/aromatic N) is 2. The molecule has 1 aromatic heterocycles. The van der Waals surface area contributed by atoms with E-state index in [0.29, 0.717) is 29.9 Å². The summed E-state index contributed by atoms with van der Waals surface area (Å²) in [7, 11) is 0. The van der Waals surface area contributed by atoms with Crippen molar-refractivity contribution in [1.82, 2.24) is 15.4 Å². The van der Waals surface area contributed by atoms with Crippen molar-refractivity contribution >= 4 is 5.91 Å². The molecular weight excluding hydrogens is 335 g/mol. The molecule has 26 heavy (non-hydrogen) atoms. The second kappa shape index (κ2) is 10.2. The van der Waals surface area contributed by atoms with E-state index in [2.05, 4.69) is 15.4 Å². The first kappa shape index (κ1) is 19.4. The molecule has 0 spiro atoms. The minimum Gasteiger partial charge on any atom is -0.366 e. The number of halogens is 1. The first-order valence-corrected chi connectivity index (χ1v) is 8.22. The fourth-order valence-corrected chi connectivity index (χ4v) is 2.36. The third-order valence-electron chi connectivity index (χ3n) is 3.68. The van der Waals surface area contributed by atoms with Crippen LogP contribution in [0.25, 0.3) is 11.3 Å². The van der Waals surface area contributed by atoms with E-state index in [-0.39, 0.29) is 5.82 Å². The van der Waals surface area contributed by atoms with Gasteiger partial charge in [-0.2, -0.15) is 0 Å². The Morgan fingerprint density at radius 2 is 1.85 bits per heavy atom. The predicted molar refractivity (Wildman–Crippen MR) is 96.3 cm³/mol. The van der Waals surface area contributed by atoms with E-state index in [1.807, 2.05) is 0 Å². The predicted octanol–water partition coefficient (Wildman–Crippen LogP) is 2.81. The summed E-state index contributed by atoms with van der Waals surface area (Å²) < 4.78 is 13.2. The van der Waals surface area contributed by atoms with Crippen LogP contribution in [0.15, 0.2) is 54.9 Å². The summed E-state index contributed by atoms with van der Waals surface area (Å²) in [5, 5.41) is 8.68. The van der Waals surface area contributed by atoms with E-state index in [9.17, 15) is 9.18 Å². The smallest absolute Gasteiger partial charge is 0.248 e. The quantitative estimate of drug-likeness (QED) is 0.523. The van der Waals surface area contributed by atoms with Crippen molar-refractivity contribution in [2.45, 2.75) is 19.3 Å². The van der Waals surface area contributed by atoms with Gasteiger partial charge < -0.3 is 10.9 Å². The molecule has 2 aromatic rings. The zero-order valence-electron chi connectivity index (χ0n) is 14.2. The van der Waals surface area contributed by atoms with Crippen LogP contribution in [0.1, 0.15) is 28.9 Å². The van der Waals surface area contributed by atoms with Crippen molar-refractivity contribution in [1.29, 1.82) is 0 Å². The number of nitrogens with two attached hydrogens (primary N) is 1. The van der Waals surface area contributed by atoms with Gasteiger partial charge in [0, 0.05) is 30.1 Å². The highest BCUT2D eigenvalue weighted by Gasteiger charge is 2.07.